The fourth-order valence-electron chi connectivity index (χ4n) is 7.58. The first-order chi connectivity index (χ1) is 14.9. The minimum Gasteiger partial charge on any atom is -0.396 e. The van der Waals surface area contributed by atoms with Gasteiger partial charge in [-0.25, -0.2) is 0 Å². The van der Waals surface area contributed by atoms with Gasteiger partial charge in [-0.3, -0.25) is 4.79 Å². The highest BCUT2D eigenvalue weighted by atomic mass is 16.5. The van der Waals surface area contributed by atoms with Crippen LogP contribution in [-0.4, -0.2) is 43.4 Å². The molecule has 1 amide bonds. The Hall–Kier alpha value is -1.59. The first-order valence-corrected chi connectivity index (χ1v) is 12.2. The lowest BCUT2D eigenvalue weighted by atomic mass is 9.58. The van der Waals surface area contributed by atoms with Crippen molar-refractivity contribution in [3.63, 3.8) is 0 Å². The summed E-state index contributed by atoms with van der Waals surface area (Å²) in [5, 5.41) is 12.6. The van der Waals surface area contributed by atoms with Crippen LogP contribution in [0.1, 0.15) is 69.6 Å². The van der Waals surface area contributed by atoms with Crippen LogP contribution >= 0.6 is 0 Å². The molecule has 1 aromatic carbocycles. The molecule has 2 saturated heterocycles. The van der Waals surface area contributed by atoms with E-state index in [1.807, 2.05) is 0 Å². The van der Waals surface area contributed by atoms with Crippen LogP contribution in [0.15, 0.2) is 18.2 Å². The van der Waals surface area contributed by atoms with Gasteiger partial charge in [-0.2, -0.15) is 0 Å². The van der Waals surface area contributed by atoms with E-state index in [2.05, 4.69) is 49.2 Å². The second-order valence-corrected chi connectivity index (χ2v) is 11.0. The third-order valence-electron chi connectivity index (χ3n) is 9.18. The van der Waals surface area contributed by atoms with Gasteiger partial charge in [0.15, 0.2) is 0 Å². The molecule has 5 rings (SSSR count). The summed E-state index contributed by atoms with van der Waals surface area (Å²) in [5.41, 5.74) is 4.18. The first kappa shape index (κ1) is 21.3. The van der Waals surface area contributed by atoms with Gasteiger partial charge < -0.3 is 20.1 Å². The summed E-state index contributed by atoms with van der Waals surface area (Å²) in [6, 6.07) is 7.10. The fraction of sp³-hybridized carbons (Fsp3) is 0.731. The lowest BCUT2D eigenvalue weighted by Gasteiger charge is -2.53. The van der Waals surface area contributed by atoms with Crippen molar-refractivity contribution in [2.24, 2.45) is 22.7 Å². The molecule has 5 atom stereocenters. The van der Waals surface area contributed by atoms with E-state index in [4.69, 9.17) is 4.74 Å². The number of hydrogen-bond donors (Lipinski definition) is 2. The number of nitrogens with one attached hydrogen (secondary N) is 1. The highest BCUT2D eigenvalue weighted by Crippen LogP contribution is 2.70. The fourth-order valence-corrected chi connectivity index (χ4v) is 7.58. The van der Waals surface area contributed by atoms with Gasteiger partial charge in [0.05, 0.1) is 12.7 Å². The van der Waals surface area contributed by atoms with E-state index in [1.54, 1.807) is 0 Å². The van der Waals surface area contributed by atoms with Crippen molar-refractivity contribution in [2.45, 2.75) is 71.4 Å². The summed E-state index contributed by atoms with van der Waals surface area (Å²) in [4.78, 5) is 15.0. The summed E-state index contributed by atoms with van der Waals surface area (Å²) in [6.45, 7) is 9.88. The Balaban J connectivity index is 1.44. The normalized spacial score (nSPS) is 35.9. The van der Waals surface area contributed by atoms with Gasteiger partial charge in [0, 0.05) is 37.8 Å². The first-order valence-electron chi connectivity index (χ1n) is 12.2. The van der Waals surface area contributed by atoms with Crippen molar-refractivity contribution in [3.05, 3.63) is 29.3 Å². The molecule has 2 bridgehead atoms. The van der Waals surface area contributed by atoms with E-state index in [0.717, 1.165) is 26.1 Å². The molecule has 2 saturated carbocycles. The lowest BCUT2D eigenvalue weighted by molar-refractivity contribution is -0.137. The Morgan fingerprint density at radius 1 is 1.29 bits per heavy atom. The number of aryl methyl sites for hydroxylation is 1. The number of hydrogen-bond acceptors (Lipinski definition) is 4. The van der Waals surface area contributed by atoms with Crippen molar-refractivity contribution in [3.8, 4) is 0 Å². The molecule has 0 radical (unpaired) electrons. The van der Waals surface area contributed by atoms with E-state index in [9.17, 15) is 9.90 Å². The zero-order chi connectivity index (χ0) is 21.8. The van der Waals surface area contributed by atoms with Crippen LogP contribution in [0.3, 0.4) is 0 Å². The van der Waals surface area contributed by atoms with Gasteiger partial charge in [-0.1, -0.05) is 19.9 Å². The van der Waals surface area contributed by atoms with E-state index < -0.39 is 0 Å². The third-order valence-corrected chi connectivity index (χ3v) is 9.18. The van der Waals surface area contributed by atoms with Crippen LogP contribution in [0, 0.1) is 29.6 Å². The molecular formula is C26H38N2O3. The molecule has 4 aliphatic rings. The molecule has 2 heterocycles. The quantitative estimate of drug-likeness (QED) is 0.748. The maximum Gasteiger partial charge on any atom is 0.222 e. The smallest absolute Gasteiger partial charge is 0.222 e. The molecule has 5 heteroatoms. The van der Waals surface area contributed by atoms with Gasteiger partial charge in [0.1, 0.15) is 0 Å². The number of rotatable bonds is 5. The zero-order valence-electron chi connectivity index (χ0n) is 19.3. The van der Waals surface area contributed by atoms with Crippen LogP contribution in [-0.2, 0) is 9.53 Å². The highest BCUT2D eigenvalue weighted by molar-refractivity contribution is 5.76. The number of carbonyl (C=O) groups is 1. The summed E-state index contributed by atoms with van der Waals surface area (Å²) in [7, 11) is 0. The number of nitrogens with zero attached hydrogens (tertiary/aromatic N) is 1. The summed E-state index contributed by atoms with van der Waals surface area (Å²) >= 11 is 0. The van der Waals surface area contributed by atoms with Gasteiger partial charge >= 0.3 is 0 Å². The molecular weight excluding hydrogens is 388 g/mol. The van der Waals surface area contributed by atoms with Crippen molar-refractivity contribution >= 4 is 11.6 Å². The lowest BCUT2D eigenvalue weighted by Crippen LogP contribution is -2.59. The Morgan fingerprint density at radius 3 is 2.77 bits per heavy atom. The van der Waals surface area contributed by atoms with Crippen molar-refractivity contribution in [1.82, 2.24) is 5.32 Å². The Morgan fingerprint density at radius 2 is 2.06 bits per heavy atom. The average molecular weight is 427 g/mol. The molecule has 1 aromatic rings. The van der Waals surface area contributed by atoms with E-state index in [-0.39, 0.29) is 41.9 Å². The molecule has 1 unspecified atom stereocenters. The average Bonchev–Trinajstić information content (AvgIpc) is 3.44. The van der Waals surface area contributed by atoms with E-state index >= 15 is 0 Å². The molecule has 5 nitrogen and oxygen atoms in total. The largest absolute Gasteiger partial charge is 0.396 e. The van der Waals surface area contributed by atoms with Gasteiger partial charge in [-0.05, 0) is 85.0 Å². The second kappa shape index (κ2) is 7.77. The number of anilines is 1. The van der Waals surface area contributed by atoms with Gasteiger partial charge in [0.2, 0.25) is 5.91 Å². The topological polar surface area (TPSA) is 61.8 Å². The third kappa shape index (κ3) is 3.31. The Bertz CT molecular complexity index is 847. The van der Waals surface area contributed by atoms with Crippen molar-refractivity contribution in [2.75, 3.05) is 31.2 Å². The molecule has 2 aliphatic heterocycles. The molecule has 4 fully saturated rings. The predicted molar refractivity (Wildman–Crippen MR) is 122 cm³/mol. The summed E-state index contributed by atoms with van der Waals surface area (Å²) in [6.07, 6.45) is 6.25. The SMILES string of the molecule is Cc1cc(N2CCCC2)ccc1[C@H]1OCCC23C[C@@H](C[C@H]12)C(C)(C)[C@@H]3NC(=O)CCO. The highest BCUT2D eigenvalue weighted by Gasteiger charge is 2.68. The zero-order valence-corrected chi connectivity index (χ0v) is 19.3. The van der Waals surface area contributed by atoms with Gasteiger partial charge in [-0.15, -0.1) is 0 Å². The molecule has 170 valence electrons. The Labute approximate surface area is 186 Å². The predicted octanol–water partition coefficient (Wildman–Crippen LogP) is 3.98. The molecule has 31 heavy (non-hydrogen) atoms. The van der Waals surface area contributed by atoms with Crippen LogP contribution in [0.25, 0.3) is 0 Å². The number of benzene rings is 1. The second-order valence-electron chi connectivity index (χ2n) is 11.0. The minimum atomic E-state index is -0.0901. The molecule has 1 spiro atoms. The van der Waals surface area contributed by atoms with Crippen molar-refractivity contribution in [1.29, 1.82) is 0 Å². The molecule has 0 aromatic heterocycles. The van der Waals surface area contributed by atoms with Crippen LogP contribution in [0.4, 0.5) is 5.69 Å². The molecule has 2 N–H and O–H groups in total. The van der Waals surface area contributed by atoms with E-state index in [0.29, 0.717) is 11.8 Å². The van der Waals surface area contributed by atoms with Crippen molar-refractivity contribution < 1.29 is 14.6 Å². The maximum atomic E-state index is 12.5. The maximum absolute atomic E-state index is 12.5. The number of amides is 1. The summed E-state index contributed by atoms with van der Waals surface area (Å²) < 4.78 is 6.47. The number of aliphatic hydroxyl groups is 1. The molecule has 2 aliphatic carbocycles. The number of aliphatic hydroxyl groups excluding tert-OH is 1. The number of carbonyl (C=O) groups excluding carboxylic acids is 1. The van der Waals surface area contributed by atoms with Crippen LogP contribution in [0.2, 0.25) is 0 Å². The number of ether oxygens (including phenoxy) is 1. The van der Waals surface area contributed by atoms with E-state index in [1.165, 1.54) is 42.5 Å². The number of fused-ring (bicyclic) bond motifs is 1. The van der Waals surface area contributed by atoms with Crippen LogP contribution in [0.5, 0.6) is 0 Å². The van der Waals surface area contributed by atoms with Gasteiger partial charge in [0.25, 0.3) is 0 Å². The standard InChI is InChI=1S/C26H38N2O3/c1-17-14-19(28-10-4-5-11-28)6-7-20(17)23-21-15-18-16-26(21,9-13-31-23)24(25(18,2)3)27-22(30)8-12-29/h6-7,14,18,21,23-24,29H,4-5,8-13,15-16H2,1-3H3,(H,27,30)/t18-,21-,23-,24+,26?/m1/s1. The van der Waals surface area contributed by atoms with Crippen LogP contribution < -0.4 is 10.2 Å². The monoisotopic (exact) mass is 426 g/mol. The minimum absolute atomic E-state index is 0.0181. The summed E-state index contributed by atoms with van der Waals surface area (Å²) in [5.74, 6) is 1.02. The Kier molecular flexibility index (Phi) is 5.33.